The molecule has 2 saturated heterocycles. The average molecular weight is 482 g/mol. The fraction of sp³-hybridized carbons (Fsp3) is 0.375. The molecule has 0 unspecified atom stereocenters. The maximum Gasteiger partial charge on any atom is 0.224 e. The molecule has 1 aromatic carbocycles. The third kappa shape index (κ3) is 5.10. The molecule has 3 aromatic rings. The van der Waals surface area contributed by atoms with Gasteiger partial charge >= 0.3 is 0 Å². The van der Waals surface area contributed by atoms with Gasteiger partial charge < -0.3 is 21.3 Å². The van der Waals surface area contributed by atoms with Crippen LogP contribution in [0.5, 0.6) is 0 Å². The Morgan fingerprint density at radius 3 is 2.34 bits per heavy atom. The van der Waals surface area contributed by atoms with E-state index in [1.807, 2.05) is 24.0 Å². The van der Waals surface area contributed by atoms with Crippen LogP contribution in [0, 0.1) is 18.6 Å². The van der Waals surface area contributed by atoms with Gasteiger partial charge in [-0.25, -0.2) is 13.5 Å². The van der Waals surface area contributed by atoms with Gasteiger partial charge in [-0.2, -0.15) is 15.1 Å². The van der Waals surface area contributed by atoms with Crippen molar-refractivity contribution in [3.8, 4) is 5.82 Å². The zero-order valence-electron chi connectivity index (χ0n) is 19.6. The number of nitrogen functional groups attached to an aromatic ring is 1. The number of hydrogen-bond acceptors (Lipinski definition) is 8. The minimum Gasteiger partial charge on any atom is -0.369 e. The first kappa shape index (κ1) is 23.2. The van der Waals surface area contributed by atoms with E-state index in [1.165, 1.54) is 12.1 Å². The average Bonchev–Trinajstić information content (AvgIpc) is 3.16. The summed E-state index contributed by atoms with van der Waals surface area (Å²) in [4.78, 5) is 15.1. The minimum absolute atomic E-state index is 0.158. The standard InChI is InChI=1S/C24H29F2N9/c1-16-17(13-29-35(16)23-12-22(30-24(28)31-23)34-14-20(27)15-34)3-2-4-32-5-7-33(8-6-32)21-10-18(25)9-19(26)11-21/h2-3,9-13,20H,4-8,14-15,27H2,1H3,(H2,28,30,31)/b3-2+. The van der Waals surface area contributed by atoms with Crippen molar-refractivity contribution in [2.75, 3.05) is 61.3 Å². The molecule has 4 N–H and O–H groups in total. The lowest BCUT2D eigenvalue weighted by Gasteiger charge is -2.37. The fourth-order valence-electron chi connectivity index (χ4n) is 4.47. The highest BCUT2D eigenvalue weighted by Gasteiger charge is 2.25. The van der Waals surface area contributed by atoms with Gasteiger partial charge in [-0.05, 0) is 19.1 Å². The summed E-state index contributed by atoms with van der Waals surface area (Å²) >= 11 is 0. The van der Waals surface area contributed by atoms with Crippen molar-refractivity contribution >= 4 is 23.5 Å². The third-order valence-electron chi connectivity index (χ3n) is 6.46. The number of hydrogen-bond donors (Lipinski definition) is 2. The Bertz CT molecular complexity index is 1210. The van der Waals surface area contributed by atoms with E-state index in [9.17, 15) is 8.78 Å². The van der Waals surface area contributed by atoms with Gasteiger partial charge in [-0.15, -0.1) is 0 Å². The quantitative estimate of drug-likeness (QED) is 0.549. The Balaban J connectivity index is 1.20. The second-order valence-electron chi connectivity index (χ2n) is 9.02. The van der Waals surface area contributed by atoms with Crippen LogP contribution in [0.4, 0.5) is 26.2 Å². The Hall–Kier alpha value is -3.57. The normalized spacial score (nSPS) is 17.4. The van der Waals surface area contributed by atoms with E-state index in [0.717, 1.165) is 55.9 Å². The number of nitrogens with zero attached hydrogens (tertiary/aromatic N) is 7. The topological polar surface area (TPSA) is 105 Å². The van der Waals surface area contributed by atoms with Crippen LogP contribution < -0.4 is 21.3 Å². The third-order valence-corrected chi connectivity index (χ3v) is 6.46. The minimum atomic E-state index is -0.549. The summed E-state index contributed by atoms with van der Waals surface area (Å²) in [6, 6.07) is 5.69. The van der Waals surface area contributed by atoms with Gasteiger partial charge in [0, 0.05) is 75.2 Å². The molecular weight excluding hydrogens is 452 g/mol. The van der Waals surface area contributed by atoms with E-state index >= 15 is 0 Å². The summed E-state index contributed by atoms with van der Waals surface area (Å²) in [5.41, 5.74) is 14.4. The highest BCUT2D eigenvalue weighted by Crippen LogP contribution is 2.23. The molecule has 2 fully saturated rings. The number of nitrogens with two attached hydrogens (primary N) is 2. The molecule has 0 saturated carbocycles. The molecule has 0 aliphatic carbocycles. The van der Waals surface area contributed by atoms with Crippen molar-refractivity contribution in [1.29, 1.82) is 0 Å². The van der Waals surface area contributed by atoms with Crippen LogP contribution in [-0.4, -0.2) is 76.5 Å². The van der Waals surface area contributed by atoms with Crippen LogP contribution in [0.25, 0.3) is 11.9 Å². The van der Waals surface area contributed by atoms with E-state index in [4.69, 9.17) is 11.5 Å². The zero-order valence-corrected chi connectivity index (χ0v) is 19.6. The van der Waals surface area contributed by atoms with Gasteiger partial charge in [0.05, 0.1) is 11.9 Å². The lowest BCUT2D eigenvalue weighted by atomic mass is 10.1. The molecule has 11 heteroatoms. The summed E-state index contributed by atoms with van der Waals surface area (Å²) in [6.07, 6.45) is 5.96. The molecule has 9 nitrogen and oxygen atoms in total. The molecule has 0 amide bonds. The van der Waals surface area contributed by atoms with Gasteiger partial charge in [-0.1, -0.05) is 12.2 Å². The molecule has 4 heterocycles. The molecule has 0 bridgehead atoms. The van der Waals surface area contributed by atoms with Gasteiger partial charge in [0.25, 0.3) is 0 Å². The monoisotopic (exact) mass is 481 g/mol. The number of aromatic nitrogens is 4. The van der Waals surface area contributed by atoms with Gasteiger partial charge in [0.2, 0.25) is 5.95 Å². The highest BCUT2D eigenvalue weighted by atomic mass is 19.1. The summed E-state index contributed by atoms with van der Waals surface area (Å²) in [7, 11) is 0. The second kappa shape index (κ2) is 9.59. The van der Waals surface area contributed by atoms with E-state index in [0.29, 0.717) is 24.6 Å². The van der Waals surface area contributed by atoms with Crippen LogP contribution in [0.2, 0.25) is 0 Å². The molecule has 0 spiro atoms. The molecule has 0 radical (unpaired) electrons. The Morgan fingerprint density at radius 1 is 0.971 bits per heavy atom. The first-order chi connectivity index (χ1) is 16.9. The first-order valence-electron chi connectivity index (χ1n) is 11.7. The number of piperazine rings is 1. The summed E-state index contributed by atoms with van der Waals surface area (Å²) in [5, 5.41) is 4.50. The summed E-state index contributed by atoms with van der Waals surface area (Å²) in [5.74, 6) is 0.472. The van der Waals surface area contributed by atoms with Gasteiger partial charge in [-0.3, -0.25) is 4.90 Å². The Morgan fingerprint density at radius 2 is 1.66 bits per heavy atom. The Kier molecular flexibility index (Phi) is 6.35. The van der Waals surface area contributed by atoms with Crippen LogP contribution in [0.15, 0.2) is 36.5 Å². The largest absolute Gasteiger partial charge is 0.369 e. The van der Waals surface area contributed by atoms with Crippen LogP contribution in [-0.2, 0) is 0 Å². The van der Waals surface area contributed by atoms with Crippen molar-refractivity contribution in [2.24, 2.45) is 5.73 Å². The molecule has 2 aromatic heterocycles. The van der Waals surface area contributed by atoms with E-state index in [1.54, 1.807) is 10.9 Å². The highest BCUT2D eigenvalue weighted by molar-refractivity contribution is 5.55. The maximum atomic E-state index is 13.5. The number of anilines is 3. The van der Waals surface area contributed by atoms with Crippen molar-refractivity contribution in [3.63, 3.8) is 0 Å². The SMILES string of the molecule is Cc1c(/C=C/CN2CCN(c3cc(F)cc(F)c3)CC2)cnn1-c1cc(N2CC(N)C2)nc(N)n1. The van der Waals surface area contributed by atoms with E-state index in [-0.39, 0.29) is 12.0 Å². The number of rotatable bonds is 6. The lowest BCUT2D eigenvalue weighted by molar-refractivity contribution is 0.284. The van der Waals surface area contributed by atoms with Gasteiger partial charge in [0.1, 0.15) is 17.5 Å². The molecular formula is C24H29F2N9. The molecule has 184 valence electrons. The van der Waals surface area contributed by atoms with Crippen LogP contribution in [0.3, 0.4) is 0 Å². The zero-order chi connectivity index (χ0) is 24.5. The van der Waals surface area contributed by atoms with Crippen molar-refractivity contribution in [2.45, 2.75) is 13.0 Å². The first-order valence-corrected chi connectivity index (χ1v) is 11.7. The molecule has 5 rings (SSSR count). The summed E-state index contributed by atoms with van der Waals surface area (Å²) < 4.78 is 28.8. The predicted octanol–water partition coefficient (Wildman–Crippen LogP) is 1.81. The molecule has 2 aliphatic rings. The van der Waals surface area contributed by atoms with Crippen LogP contribution in [0.1, 0.15) is 11.3 Å². The van der Waals surface area contributed by atoms with Gasteiger partial charge in [0.15, 0.2) is 5.82 Å². The molecule has 0 atom stereocenters. The lowest BCUT2D eigenvalue weighted by Crippen LogP contribution is -2.56. The number of halogens is 2. The second-order valence-corrected chi connectivity index (χ2v) is 9.02. The van der Waals surface area contributed by atoms with E-state index < -0.39 is 11.6 Å². The van der Waals surface area contributed by atoms with Crippen molar-refractivity contribution < 1.29 is 8.78 Å². The molecule has 2 aliphatic heterocycles. The predicted molar refractivity (Wildman–Crippen MR) is 133 cm³/mol. The van der Waals surface area contributed by atoms with Crippen LogP contribution >= 0.6 is 0 Å². The summed E-state index contributed by atoms with van der Waals surface area (Å²) in [6.45, 7) is 7.30. The van der Waals surface area contributed by atoms with Crippen molar-refractivity contribution in [1.82, 2.24) is 24.6 Å². The Labute approximate surface area is 202 Å². The van der Waals surface area contributed by atoms with E-state index in [2.05, 4.69) is 30.9 Å². The fourth-order valence-corrected chi connectivity index (χ4v) is 4.47. The molecule has 35 heavy (non-hydrogen) atoms. The van der Waals surface area contributed by atoms with Crippen molar-refractivity contribution in [3.05, 3.63) is 59.4 Å². The maximum absolute atomic E-state index is 13.5. The smallest absolute Gasteiger partial charge is 0.224 e. The number of benzene rings is 1.